The summed E-state index contributed by atoms with van der Waals surface area (Å²) in [6, 6.07) is 0. The van der Waals surface area contributed by atoms with Gasteiger partial charge in [0.1, 0.15) is 6.61 Å². The fourth-order valence-electron chi connectivity index (χ4n) is 2.88. The van der Waals surface area contributed by atoms with Crippen molar-refractivity contribution in [2.75, 3.05) is 0 Å². The summed E-state index contributed by atoms with van der Waals surface area (Å²) in [6.45, 7) is 6.17. The van der Waals surface area contributed by atoms with Gasteiger partial charge < -0.3 is 14.3 Å². The molecule has 118 valence electrons. The molecule has 1 heterocycles. The Kier molecular flexibility index (Phi) is 4.66. The molecule has 1 fully saturated rings. The second kappa shape index (κ2) is 6.13. The van der Waals surface area contributed by atoms with E-state index < -0.39 is 5.97 Å². The zero-order valence-corrected chi connectivity index (χ0v) is 13.0. The zero-order valence-electron chi connectivity index (χ0n) is 13.0. The van der Waals surface area contributed by atoms with E-state index in [4.69, 9.17) is 14.3 Å². The molecule has 1 N–H and O–H groups in total. The fraction of sp³-hybridized carbons (Fsp3) is 0.800. The molecule has 1 saturated carbocycles. The van der Waals surface area contributed by atoms with Gasteiger partial charge in [-0.1, -0.05) is 12.8 Å². The first-order chi connectivity index (χ1) is 9.78. The summed E-state index contributed by atoms with van der Waals surface area (Å²) in [4.78, 5) is 11.1. The van der Waals surface area contributed by atoms with Gasteiger partial charge in [0.05, 0.1) is 12.0 Å². The largest absolute Gasteiger partial charge is 0.481 e. The summed E-state index contributed by atoms with van der Waals surface area (Å²) in [5, 5.41) is 17.1. The van der Waals surface area contributed by atoms with E-state index in [1.807, 2.05) is 20.8 Å². The van der Waals surface area contributed by atoms with Gasteiger partial charge in [-0.3, -0.25) is 4.79 Å². The van der Waals surface area contributed by atoms with Crippen molar-refractivity contribution >= 4 is 5.97 Å². The second-order valence-electron chi connectivity index (χ2n) is 6.94. The second-order valence-corrected chi connectivity index (χ2v) is 6.94. The van der Waals surface area contributed by atoms with Gasteiger partial charge >= 0.3 is 5.97 Å². The van der Waals surface area contributed by atoms with Crippen LogP contribution in [0.25, 0.3) is 0 Å². The maximum atomic E-state index is 11.1. The number of aromatic nitrogens is 2. The maximum Gasteiger partial charge on any atom is 0.303 e. The van der Waals surface area contributed by atoms with Crippen molar-refractivity contribution in [3.8, 4) is 0 Å². The van der Waals surface area contributed by atoms with E-state index in [1.165, 1.54) is 0 Å². The SMILES string of the molecule is CC(C)(C)OCc1nnc(CC2(CC(=O)O)CCCC2)o1. The molecule has 0 aromatic carbocycles. The Morgan fingerprint density at radius 3 is 2.48 bits per heavy atom. The van der Waals surface area contributed by atoms with Gasteiger partial charge in [-0.2, -0.15) is 0 Å². The Labute approximate surface area is 124 Å². The van der Waals surface area contributed by atoms with Gasteiger partial charge in [-0.25, -0.2) is 0 Å². The lowest BCUT2D eigenvalue weighted by molar-refractivity contribution is -0.139. The van der Waals surface area contributed by atoms with Crippen LogP contribution >= 0.6 is 0 Å². The summed E-state index contributed by atoms with van der Waals surface area (Å²) >= 11 is 0. The van der Waals surface area contributed by atoms with E-state index >= 15 is 0 Å². The minimum Gasteiger partial charge on any atom is -0.481 e. The van der Waals surface area contributed by atoms with Crippen LogP contribution in [0.15, 0.2) is 4.42 Å². The highest BCUT2D eigenvalue weighted by Crippen LogP contribution is 2.43. The number of carboxylic acids is 1. The third kappa shape index (κ3) is 4.81. The van der Waals surface area contributed by atoms with Crippen LogP contribution < -0.4 is 0 Å². The standard InChI is InChI=1S/C15H24N2O4/c1-14(2,3)20-10-12-17-16-11(21-12)8-15(9-13(18)19)6-4-5-7-15/h4-10H2,1-3H3,(H,18,19). The Morgan fingerprint density at radius 2 is 1.90 bits per heavy atom. The number of ether oxygens (including phenoxy) is 1. The number of nitrogens with zero attached hydrogens (tertiary/aromatic N) is 2. The number of rotatable bonds is 6. The maximum absolute atomic E-state index is 11.1. The van der Waals surface area contributed by atoms with Crippen LogP contribution in [0.3, 0.4) is 0 Å². The molecule has 2 rings (SSSR count). The third-order valence-corrected chi connectivity index (χ3v) is 3.85. The van der Waals surface area contributed by atoms with Gasteiger partial charge in [0, 0.05) is 6.42 Å². The summed E-state index contributed by atoms with van der Waals surface area (Å²) in [6.07, 6.45) is 4.68. The lowest BCUT2D eigenvalue weighted by Crippen LogP contribution is -2.24. The molecule has 1 aliphatic rings. The third-order valence-electron chi connectivity index (χ3n) is 3.85. The molecule has 1 aromatic rings. The van der Waals surface area contributed by atoms with Gasteiger partial charge in [-0.05, 0) is 39.0 Å². The molecule has 0 amide bonds. The predicted molar refractivity (Wildman–Crippen MR) is 75.7 cm³/mol. The number of aliphatic carboxylic acids is 1. The number of carboxylic acid groups (broad SMARTS) is 1. The van der Waals surface area contributed by atoms with Crippen LogP contribution in [-0.2, 0) is 22.6 Å². The summed E-state index contributed by atoms with van der Waals surface area (Å²) in [5.41, 5.74) is -0.481. The highest BCUT2D eigenvalue weighted by atomic mass is 16.5. The molecule has 0 unspecified atom stereocenters. The number of hydrogen-bond acceptors (Lipinski definition) is 5. The molecular formula is C15H24N2O4. The lowest BCUT2D eigenvalue weighted by Gasteiger charge is -2.24. The van der Waals surface area contributed by atoms with Crippen molar-refractivity contribution in [3.05, 3.63) is 11.8 Å². The van der Waals surface area contributed by atoms with E-state index in [0.29, 0.717) is 18.2 Å². The molecule has 1 aliphatic carbocycles. The van der Waals surface area contributed by atoms with Crippen molar-refractivity contribution < 1.29 is 19.1 Å². The molecule has 0 atom stereocenters. The van der Waals surface area contributed by atoms with Crippen LogP contribution in [-0.4, -0.2) is 26.9 Å². The van der Waals surface area contributed by atoms with E-state index in [9.17, 15) is 4.79 Å². The van der Waals surface area contributed by atoms with E-state index in [1.54, 1.807) is 0 Å². The van der Waals surface area contributed by atoms with Gasteiger partial charge in [-0.15, -0.1) is 10.2 Å². The molecule has 0 radical (unpaired) electrons. The molecule has 21 heavy (non-hydrogen) atoms. The zero-order chi connectivity index (χ0) is 15.5. The average molecular weight is 296 g/mol. The van der Waals surface area contributed by atoms with Crippen molar-refractivity contribution in [1.82, 2.24) is 10.2 Å². The van der Waals surface area contributed by atoms with Crippen LogP contribution in [0, 0.1) is 5.41 Å². The highest BCUT2D eigenvalue weighted by Gasteiger charge is 2.37. The highest BCUT2D eigenvalue weighted by molar-refractivity contribution is 5.67. The number of carbonyl (C=O) groups is 1. The van der Waals surface area contributed by atoms with Crippen molar-refractivity contribution in [2.45, 2.75) is 71.5 Å². The Bertz CT molecular complexity index is 484. The van der Waals surface area contributed by atoms with Crippen molar-refractivity contribution in [3.63, 3.8) is 0 Å². The molecule has 6 heteroatoms. The van der Waals surface area contributed by atoms with Crippen molar-refractivity contribution in [1.29, 1.82) is 0 Å². The molecular weight excluding hydrogens is 272 g/mol. The molecule has 1 aromatic heterocycles. The molecule has 6 nitrogen and oxygen atoms in total. The van der Waals surface area contributed by atoms with E-state index in [0.717, 1.165) is 25.7 Å². The first kappa shape index (κ1) is 15.9. The monoisotopic (exact) mass is 296 g/mol. The van der Waals surface area contributed by atoms with Crippen molar-refractivity contribution in [2.24, 2.45) is 5.41 Å². The number of hydrogen-bond donors (Lipinski definition) is 1. The smallest absolute Gasteiger partial charge is 0.303 e. The fourth-order valence-corrected chi connectivity index (χ4v) is 2.88. The van der Waals surface area contributed by atoms with E-state index in [-0.39, 0.29) is 24.0 Å². The Hall–Kier alpha value is -1.43. The quantitative estimate of drug-likeness (QED) is 0.868. The van der Waals surface area contributed by atoms with Gasteiger partial charge in [0.25, 0.3) is 0 Å². The topological polar surface area (TPSA) is 85.5 Å². The summed E-state index contributed by atoms with van der Waals surface area (Å²) < 4.78 is 11.2. The van der Waals surface area contributed by atoms with E-state index in [2.05, 4.69) is 10.2 Å². The van der Waals surface area contributed by atoms with Gasteiger partial charge in [0.2, 0.25) is 11.8 Å². The Balaban J connectivity index is 1.98. The summed E-state index contributed by atoms with van der Waals surface area (Å²) in [7, 11) is 0. The molecule has 0 saturated heterocycles. The predicted octanol–water partition coefficient (Wildman–Crippen LogP) is 2.96. The van der Waals surface area contributed by atoms with Gasteiger partial charge in [0.15, 0.2) is 0 Å². The molecule has 0 aliphatic heterocycles. The normalized spacial score (nSPS) is 18.0. The Morgan fingerprint density at radius 1 is 1.29 bits per heavy atom. The van der Waals surface area contributed by atoms with Crippen LogP contribution in [0.2, 0.25) is 0 Å². The molecule has 0 bridgehead atoms. The first-order valence-corrected chi connectivity index (χ1v) is 7.45. The lowest BCUT2D eigenvalue weighted by atomic mass is 9.79. The van der Waals surface area contributed by atoms with Crippen LogP contribution in [0.5, 0.6) is 0 Å². The average Bonchev–Trinajstić information content (AvgIpc) is 2.95. The molecule has 0 spiro atoms. The van der Waals surface area contributed by atoms with Crippen LogP contribution in [0.1, 0.15) is 64.7 Å². The minimum absolute atomic E-state index is 0.170. The first-order valence-electron chi connectivity index (χ1n) is 7.45. The summed E-state index contributed by atoms with van der Waals surface area (Å²) in [5.74, 6) is 0.210. The van der Waals surface area contributed by atoms with Crippen LogP contribution in [0.4, 0.5) is 0 Å². The minimum atomic E-state index is -0.757.